The van der Waals surface area contributed by atoms with Crippen LogP contribution in [-0.2, 0) is 16.1 Å². The van der Waals surface area contributed by atoms with E-state index in [0.29, 0.717) is 32.0 Å². The van der Waals surface area contributed by atoms with Gasteiger partial charge in [0.05, 0.1) is 41.2 Å². The summed E-state index contributed by atoms with van der Waals surface area (Å²) in [6.07, 6.45) is 2.13. The number of ether oxygens (including phenoxy) is 1. The van der Waals surface area contributed by atoms with Gasteiger partial charge < -0.3 is 20.7 Å². The van der Waals surface area contributed by atoms with E-state index in [-0.39, 0.29) is 11.9 Å². The van der Waals surface area contributed by atoms with Crippen molar-refractivity contribution < 1.29 is 9.53 Å². The van der Waals surface area contributed by atoms with Gasteiger partial charge in [0.25, 0.3) is 0 Å². The first-order valence-corrected chi connectivity index (χ1v) is 10.4. The van der Waals surface area contributed by atoms with E-state index in [1.165, 1.54) is 0 Å². The Morgan fingerprint density at radius 3 is 2.83 bits per heavy atom. The van der Waals surface area contributed by atoms with E-state index < -0.39 is 0 Å². The van der Waals surface area contributed by atoms with Gasteiger partial charge in [0.1, 0.15) is 0 Å². The molecule has 0 atom stereocenters. The summed E-state index contributed by atoms with van der Waals surface area (Å²) in [5.41, 5.74) is 8.03. The van der Waals surface area contributed by atoms with E-state index in [4.69, 9.17) is 20.4 Å². The molecule has 29 heavy (non-hydrogen) atoms. The van der Waals surface area contributed by atoms with E-state index in [2.05, 4.69) is 20.2 Å². The van der Waals surface area contributed by atoms with Crippen LogP contribution in [0.5, 0.6) is 0 Å². The van der Waals surface area contributed by atoms with Crippen LogP contribution in [0.25, 0.3) is 21.6 Å². The number of nitrogens with zero attached hydrogens (tertiary/aromatic N) is 5. The Bertz CT molecular complexity index is 1050. The molecular formula is C19H23N7O2S. The molecule has 0 radical (unpaired) electrons. The molecule has 0 aliphatic carbocycles. The molecule has 1 saturated heterocycles. The fraction of sp³-hybridized carbons (Fsp3) is 0.421. The molecule has 0 bridgehead atoms. The smallest absolute Gasteiger partial charge is 0.220 e. The summed E-state index contributed by atoms with van der Waals surface area (Å²) in [6.45, 7) is 7.05. The molecule has 0 aromatic carbocycles. The second kappa shape index (κ2) is 8.26. The number of anilines is 2. The quantitative estimate of drug-likeness (QED) is 0.651. The lowest BCUT2D eigenvalue weighted by Gasteiger charge is -2.28. The van der Waals surface area contributed by atoms with Crippen molar-refractivity contribution in [3.63, 3.8) is 0 Å². The standard InChI is InChI=1S/C19H23N7O2S/c1-3-15(27)21-9-12-8-14-16(29-12)18(26-4-6-28-7-5-26)25-17(24-14)13-10-22-19(20)23-11(13)2/h8,10H,3-7,9H2,1-2H3,(H,21,27)(H2,20,22,23). The third-order valence-corrected chi connectivity index (χ3v) is 5.86. The van der Waals surface area contributed by atoms with Crippen LogP contribution in [0.1, 0.15) is 23.9 Å². The molecule has 1 aliphatic heterocycles. The maximum Gasteiger partial charge on any atom is 0.220 e. The number of rotatable bonds is 5. The molecule has 0 saturated carbocycles. The summed E-state index contributed by atoms with van der Waals surface area (Å²) in [5, 5.41) is 2.93. The van der Waals surface area contributed by atoms with Crippen LogP contribution in [0.4, 0.5) is 11.8 Å². The van der Waals surface area contributed by atoms with Gasteiger partial charge in [-0.05, 0) is 13.0 Å². The number of carbonyl (C=O) groups excluding carboxylic acids is 1. The molecule has 0 unspecified atom stereocenters. The number of aryl methyl sites for hydroxylation is 1. The fourth-order valence-electron chi connectivity index (χ4n) is 3.18. The molecule has 152 valence electrons. The Morgan fingerprint density at radius 2 is 2.10 bits per heavy atom. The van der Waals surface area contributed by atoms with Crippen LogP contribution in [0.3, 0.4) is 0 Å². The first-order chi connectivity index (χ1) is 14.0. The lowest BCUT2D eigenvalue weighted by Crippen LogP contribution is -2.36. The van der Waals surface area contributed by atoms with Crippen molar-refractivity contribution in [2.75, 3.05) is 36.9 Å². The molecule has 4 rings (SSSR count). The number of fused-ring (bicyclic) bond motifs is 1. The average Bonchev–Trinajstić information content (AvgIpc) is 3.15. The highest BCUT2D eigenvalue weighted by molar-refractivity contribution is 7.19. The van der Waals surface area contributed by atoms with Gasteiger partial charge in [-0.1, -0.05) is 6.92 Å². The summed E-state index contributed by atoms with van der Waals surface area (Å²) in [5.74, 6) is 1.70. The van der Waals surface area contributed by atoms with E-state index in [1.807, 2.05) is 19.9 Å². The van der Waals surface area contributed by atoms with E-state index >= 15 is 0 Å². The topological polar surface area (TPSA) is 119 Å². The van der Waals surface area contributed by atoms with Gasteiger partial charge in [-0.2, -0.15) is 0 Å². The molecule has 10 heteroatoms. The second-order valence-electron chi connectivity index (χ2n) is 6.75. The van der Waals surface area contributed by atoms with Crippen molar-refractivity contribution in [3.8, 4) is 11.4 Å². The van der Waals surface area contributed by atoms with E-state index in [0.717, 1.165) is 45.3 Å². The number of morpholine rings is 1. The van der Waals surface area contributed by atoms with Crippen molar-refractivity contribution >= 4 is 39.2 Å². The summed E-state index contributed by atoms with van der Waals surface area (Å²) in [6, 6.07) is 2.01. The summed E-state index contributed by atoms with van der Waals surface area (Å²) in [7, 11) is 0. The van der Waals surface area contributed by atoms with Crippen LogP contribution in [0, 0.1) is 6.92 Å². The SMILES string of the molecule is CCC(=O)NCc1cc2nc(-c3cnc(N)nc3C)nc(N3CCOCC3)c2s1. The number of aromatic nitrogens is 4. The Hall–Kier alpha value is -2.85. The zero-order valence-corrected chi connectivity index (χ0v) is 17.3. The Kier molecular flexibility index (Phi) is 5.54. The van der Waals surface area contributed by atoms with Gasteiger partial charge in [0, 0.05) is 30.6 Å². The largest absolute Gasteiger partial charge is 0.378 e. The van der Waals surface area contributed by atoms with Gasteiger partial charge in [-0.3, -0.25) is 4.79 Å². The van der Waals surface area contributed by atoms with E-state index in [1.54, 1.807) is 17.5 Å². The highest BCUT2D eigenvalue weighted by Crippen LogP contribution is 2.34. The zero-order chi connectivity index (χ0) is 20.4. The monoisotopic (exact) mass is 413 g/mol. The molecule has 3 aromatic heterocycles. The van der Waals surface area contributed by atoms with Crippen LogP contribution in [0.15, 0.2) is 12.3 Å². The second-order valence-corrected chi connectivity index (χ2v) is 7.89. The predicted octanol–water partition coefficient (Wildman–Crippen LogP) is 1.90. The van der Waals surface area contributed by atoms with E-state index in [9.17, 15) is 4.79 Å². The van der Waals surface area contributed by atoms with Gasteiger partial charge >= 0.3 is 0 Å². The minimum Gasteiger partial charge on any atom is -0.378 e. The van der Waals surface area contributed by atoms with Crippen molar-refractivity contribution in [1.82, 2.24) is 25.3 Å². The third kappa shape index (κ3) is 4.13. The Morgan fingerprint density at radius 1 is 1.31 bits per heavy atom. The number of hydrogen-bond acceptors (Lipinski definition) is 9. The molecular weight excluding hydrogens is 390 g/mol. The van der Waals surface area contributed by atoms with Crippen molar-refractivity contribution in [2.45, 2.75) is 26.8 Å². The summed E-state index contributed by atoms with van der Waals surface area (Å²) >= 11 is 1.61. The normalized spacial score (nSPS) is 14.3. The van der Waals surface area contributed by atoms with Gasteiger partial charge in [0.15, 0.2) is 11.6 Å². The van der Waals surface area contributed by atoms with Crippen LogP contribution in [0.2, 0.25) is 0 Å². The maximum atomic E-state index is 11.6. The van der Waals surface area contributed by atoms with Crippen LogP contribution in [-0.4, -0.2) is 52.1 Å². The lowest BCUT2D eigenvalue weighted by molar-refractivity contribution is -0.120. The number of nitrogens with one attached hydrogen (secondary N) is 1. The lowest BCUT2D eigenvalue weighted by atomic mass is 10.2. The maximum absolute atomic E-state index is 11.6. The first-order valence-electron chi connectivity index (χ1n) is 9.54. The predicted molar refractivity (Wildman–Crippen MR) is 113 cm³/mol. The molecule has 1 fully saturated rings. The molecule has 0 spiro atoms. The average molecular weight is 414 g/mol. The number of nitrogens with two attached hydrogens (primary N) is 1. The van der Waals surface area contributed by atoms with Gasteiger partial charge in [-0.25, -0.2) is 19.9 Å². The van der Waals surface area contributed by atoms with Crippen LogP contribution >= 0.6 is 11.3 Å². The number of amides is 1. The Labute approximate surface area is 172 Å². The third-order valence-electron chi connectivity index (χ3n) is 4.74. The number of hydrogen-bond donors (Lipinski definition) is 2. The van der Waals surface area contributed by atoms with Crippen molar-refractivity contribution in [2.24, 2.45) is 0 Å². The summed E-state index contributed by atoms with van der Waals surface area (Å²) in [4.78, 5) is 32.9. The van der Waals surface area contributed by atoms with Crippen molar-refractivity contribution in [1.29, 1.82) is 0 Å². The van der Waals surface area contributed by atoms with Gasteiger partial charge in [-0.15, -0.1) is 11.3 Å². The molecule has 9 nitrogen and oxygen atoms in total. The summed E-state index contributed by atoms with van der Waals surface area (Å²) < 4.78 is 6.50. The molecule has 3 N–H and O–H groups in total. The number of thiophene rings is 1. The number of nitrogen functional groups attached to an aromatic ring is 1. The van der Waals surface area contributed by atoms with Gasteiger partial charge in [0.2, 0.25) is 11.9 Å². The number of carbonyl (C=O) groups is 1. The fourth-order valence-corrected chi connectivity index (χ4v) is 4.23. The molecule has 1 amide bonds. The minimum absolute atomic E-state index is 0.0253. The highest BCUT2D eigenvalue weighted by Gasteiger charge is 2.21. The molecule has 1 aliphatic rings. The van der Waals surface area contributed by atoms with Crippen LogP contribution < -0.4 is 16.0 Å². The van der Waals surface area contributed by atoms with Crippen molar-refractivity contribution in [3.05, 3.63) is 22.8 Å². The first kappa shape index (κ1) is 19.5. The highest BCUT2D eigenvalue weighted by atomic mass is 32.1. The zero-order valence-electron chi connectivity index (χ0n) is 16.4. The molecule has 3 aromatic rings. The molecule has 4 heterocycles. The minimum atomic E-state index is 0.0253. The Balaban J connectivity index is 1.79.